The van der Waals surface area contributed by atoms with Gasteiger partial charge in [0.2, 0.25) is 0 Å². The van der Waals surface area contributed by atoms with Crippen molar-refractivity contribution in [3.63, 3.8) is 0 Å². The number of ether oxygens (including phenoxy) is 2. The van der Waals surface area contributed by atoms with Crippen LogP contribution in [-0.2, 0) is 12.3 Å². The van der Waals surface area contributed by atoms with Gasteiger partial charge in [0.05, 0.1) is 49.2 Å². The number of aromatic nitrogens is 3. The van der Waals surface area contributed by atoms with E-state index >= 15 is 0 Å². The average Bonchev–Trinajstić information content (AvgIpc) is 3.56. The van der Waals surface area contributed by atoms with Crippen LogP contribution in [0.4, 0.5) is 0 Å². The first kappa shape index (κ1) is 22.2. The van der Waals surface area contributed by atoms with Crippen LogP contribution < -0.4 is 15.0 Å². The summed E-state index contributed by atoms with van der Waals surface area (Å²) in [4.78, 5) is 22.8. The summed E-state index contributed by atoms with van der Waals surface area (Å²) in [6, 6.07) is 16.8. The fourth-order valence-electron chi connectivity index (χ4n) is 3.65. The van der Waals surface area contributed by atoms with Gasteiger partial charge in [-0.25, -0.2) is 9.97 Å². The second-order valence-electron chi connectivity index (χ2n) is 7.36. The number of hydrogen-bond acceptors (Lipinski definition) is 8. The summed E-state index contributed by atoms with van der Waals surface area (Å²) in [7, 11) is 3.24. The van der Waals surface area contributed by atoms with Crippen LogP contribution in [0.3, 0.4) is 0 Å². The number of rotatable bonds is 8. The molecule has 0 amide bonds. The van der Waals surface area contributed by atoms with Gasteiger partial charge in [-0.1, -0.05) is 30.0 Å². The highest BCUT2D eigenvalue weighted by molar-refractivity contribution is 7.98. The second-order valence-corrected chi connectivity index (χ2v) is 9.16. The third-order valence-corrected chi connectivity index (χ3v) is 7.19. The fraction of sp³-hybridized carbons (Fsp3) is 0.160. The molecule has 0 fully saturated rings. The summed E-state index contributed by atoms with van der Waals surface area (Å²) in [5, 5.41) is 4.05. The van der Waals surface area contributed by atoms with Crippen LogP contribution in [0.25, 0.3) is 21.5 Å². The Kier molecular flexibility index (Phi) is 6.37. The maximum atomic E-state index is 13.2. The van der Waals surface area contributed by atoms with E-state index in [1.54, 1.807) is 31.1 Å². The first-order valence-electron chi connectivity index (χ1n) is 10.5. The van der Waals surface area contributed by atoms with Crippen LogP contribution in [0.2, 0.25) is 0 Å². The predicted molar refractivity (Wildman–Crippen MR) is 134 cm³/mol. The van der Waals surface area contributed by atoms with Crippen LogP contribution in [0, 0.1) is 0 Å². The predicted octanol–water partition coefficient (Wildman–Crippen LogP) is 5.47. The van der Waals surface area contributed by atoms with Gasteiger partial charge in [0.1, 0.15) is 10.8 Å². The lowest BCUT2D eigenvalue weighted by Gasteiger charge is -2.12. The lowest BCUT2D eigenvalue weighted by molar-refractivity contribution is 0.356. The summed E-state index contributed by atoms with van der Waals surface area (Å²) >= 11 is 3.01. The first-order chi connectivity index (χ1) is 16.7. The maximum absolute atomic E-state index is 13.2. The highest BCUT2D eigenvalue weighted by atomic mass is 32.2. The number of fused-ring (bicyclic) bond motifs is 1. The zero-order chi connectivity index (χ0) is 23.5. The van der Waals surface area contributed by atoms with E-state index < -0.39 is 0 Å². The molecule has 7 nitrogen and oxygen atoms in total. The van der Waals surface area contributed by atoms with E-state index in [0.29, 0.717) is 45.6 Å². The molecular formula is C25H21N3O4S2. The topological polar surface area (TPSA) is 79.4 Å². The molecule has 3 heterocycles. The van der Waals surface area contributed by atoms with Crippen molar-refractivity contribution in [3.8, 4) is 22.1 Å². The van der Waals surface area contributed by atoms with Gasteiger partial charge in [-0.3, -0.25) is 9.36 Å². The molecule has 0 aliphatic carbocycles. The summed E-state index contributed by atoms with van der Waals surface area (Å²) in [6.07, 6.45) is 1.60. The number of furan rings is 1. The molecule has 34 heavy (non-hydrogen) atoms. The van der Waals surface area contributed by atoms with Crippen LogP contribution in [0.1, 0.15) is 11.5 Å². The molecular weight excluding hydrogens is 470 g/mol. The normalized spacial score (nSPS) is 11.1. The zero-order valence-electron chi connectivity index (χ0n) is 18.6. The van der Waals surface area contributed by atoms with E-state index in [0.717, 1.165) is 16.3 Å². The van der Waals surface area contributed by atoms with Gasteiger partial charge in [-0.05, 0) is 36.4 Å². The van der Waals surface area contributed by atoms with Crippen LogP contribution in [-0.4, -0.2) is 28.8 Å². The Morgan fingerprint density at radius 1 is 1.03 bits per heavy atom. The van der Waals surface area contributed by atoms with E-state index in [4.69, 9.17) is 23.9 Å². The Bertz CT molecular complexity index is 1490. The minimum absolute atomic E-state index is 0.0930. The number of para-hydroxylation sites is 2. The van der Waals surface area contributed by atoms with Gasteiger partial charge in [0, 0.05) is 11.1 Å². The van der Waals surface area contributed by atoms with Gasteiger partial charge < -0.3 is 13.9 Å². The zero-order valence-corrected chi connectivity index (χ0v) is 20.2. The van der Waals surface area contributed by atoms with Crippen molar-refractivity contribution >= 4 is 34.0 Å². The van der Waals surface area contributed by atoms with Crippen LogP contribution >= 0.6 is 23.1 Å². The molecule has 9 heteroatoms. The minimum Gasteiger partial charge on any atom is -0.493 e. The number of hydrogen-bond donors (Lipinski definition) is 0. The Labute approximate surface area is 204 Å². The first-order valence-corrected chi connectivity index (χ1v) is 12.3. The number of nitrogens with zero attached hydrogens (tertiary/aromatic N) is 3. The molecule has 2 aromatic carbocycles. The van der Waals surface area contributed by atoms with Gasteiger partial charge in [0.15, 0.2) is 16.7 Å². The molecule has 0 aliphatic rings. The summed E-state index contributed by atoms with van der Waals surface area (Å²) < 4.78 is 18.1. The Hall–Kier alpha value is -3.56. The molecule has 0 saturated heterocycles. The summed E-state index contributed by atoms with van der Waals surface area (Å²) in [5.41, 5.74) is 2.35. The SMILES string of the molecule is COc1cccc(-c2nc(CSc3nc4ccccc4c(=O)n3Cc3ccco3)cs2)c1OC. The smallest absolute Gasteiger partial charge is 0.262 e. The lowest BCUT2D eigenvalue weighted by Crippen LogP contribution is -2.23. The van der Waals surface area contributed by atoms with E-state index in [2.05, 4.69) is 0 Å². The Balaban J connectivity index is 1.45. The van der Waals surface area contributed by atoms with Crippen molar-refractivity contribution in [2.75, 3.05) is 14.2 Å². The molecule has 0 unspecified atom stereocenters. The van der Waals surface area contributed by atoms with E-state index in [9.17, 15) is 4.79 Å². The van der Waals surface area contributed by atoms with Crippen LogP contribution in [0.5, 0.6) is 11.5 Å². The molecule has 0 atom stereocenters. The summed E-state index contributed by atoms with van der Waals surface area (Å²) in [6.45, 7) is 0.315. The molecule has 0 saturated carbocycles. The molecule has 0 aliphatic heterocycles. The highest BCUT2D eigenvalue weighted by Gasteiger charge is 2.17. The Morgan fingerprint density at radius 2 is 1.91 bits per heavy atom. The average molecular weight is 492 g/mol. The van der Waals surface area contributed by atoms with E-state index in [1.807, 2.05) is 53.9 Å². The van der Waals surface area contributed by atoms with Gasteiger partial charge in [-0.15, -0.1) is 11.3 Å². The molecule has 0 bridgehead atoms. The molecule has 0 N–H and O–H groups in total. The van der Waals surface area contributed by atoms with Crippen molar-refractivity contribution in [2.45, 2.75) is 17.5 Å². The van der Waals surface area contributed by atoms with E-state index in [1.165, 1.54) is 23.1 Å². The quantitative estimate of drug-likeness (QED) is 0.210. The monoisotopic (exact) mass is 491 g/mol. The molecule has 5 rings (SSSR count). The maximum Gasteiger partial charge on any atom is 0.262 e. The minimum atomic E-state index is -0.0930. The summed E-state index contributed by atoms with van der Waals surface area (Å²) in [5.74, 6) is 2.57. The van der Waals surface area contributed by atoms with Crippen molar-refractivity contribution in [1.29, 1.82) is 0 Å². The number of thiazole rings is 1. The third-order valence-electron chi connectivity index (χ3n) is 5.25. The van der Waals surface area contributed by atoms with E-state index in [-0.39, 0.29) is 5.56 Å². The molecule has 5 aromatic rings. The second kappa shape index (κ2) is 9.74. The van der Waals surface area contributed by atoms with Crippen LogP contribution in [0.15, 0.2) is 80.6 Å². The third kappa shape index (κ3) is 4.32. The van der Waals surface area contributed by atoms with Crippen molar-refractivity contribution in [2.24, 2.45) is 0 Å². The van der Waals surface area contributed by atoms with Gasteiger partial charge >= 0.3 is 0 Å². The van der Waals surface area contributed by atoms with Crippen molar-refractivity contribution in [3.05, 3.63) is 88.0 Å². The Morgan fingerprint density at radius 3 is 2.71 bits per heavy atom. The molecule has 3 aromatic heterocycles. The van der Waals surface area contributed by atoms with Crippen molar-refractivity contribution in [1.82, 2.24) is 14.5 Å². The largest absolute Gasteiger partial charge is 0.493 e. The highest BCUT2D eigenvalue weighted by Crippen LogP contribution is 2.39. The number of benzene rings is 2. The lowest BCUT2D eigenvalue weighted by atomic mass is 10.2. The fourth-order valence-corrected chi connectivity index (χ4v) is 5.48. The molecule has 0 radical (unpaired) electrons. The number of methoxy groups -OCH3 is 2. The van der Waals surface area contributed by atoms with Crippen molar-refractivity contribution < 1.29 is 13.9 Å². The van der Waals surface area contributed by atoms with Gasteiger partial charge in [-0.2, -0.15) is 0 Å². The van der Waals surface area contributed by atoms with Gasteiger partial charge in [0.25, 0.3) is 5.56 Å². The standard InChI is InChI=1S/C25H21N3O4S2/c1-30-21-11-5-9-19(22(21)31-2)23-26-16(14-33-23)15-34-25-27-20-10-4-3-8-18(20)24(29)28(25)13-17-7-6-12-32-17/h3-12,14H,13,15H2,1-2H3. The molecule has 172 valence electrons. The number of thioether (sulfide) groups is 1. The molecule has 0 spiro atoms.